The Morgan fingerprint density at radius 2 is 1.95 bits per heavy atom. The molecule has 0 fully saturated rings. The van der Waals surface area contributed by atoms with Gasteiger partial charge < -0.3 is 15.8 Å². The molecular formula is C17H20N2O2. The predicted molar refractivity (Wildman–Crippen MR) is 84.5 cm³/mol. The number of hydrogen-bond acceptors (Lipinski definition) is 3. The van der Waals surface area contributed by atoms with Gasteiger partial charge in [-0.1, -0.05) is 24.3 Å². The van der Waals surface area contributed by atoms with E-state index in [0.29, 0.717) is 17.0 Å². The summed E-state index contributed by atoms with van der Waals surface area (Å²) in [6.45, 7) is 3.98. The van der Waals surface area contributed by atoms with Crippen LogP contribution in [0.25, 0.3) is 0 Å². The summed E-state index contributed by atoms with van der Waals surface area (Å²) in [7, 11) is 1.56. The Morgan fingerprint density at radius 3 is 2.62 bits per heavy atom. The first-order valence-electron chi connectivity index (χ1n) is 6.83. The van der Waals surface area contributed by atoms with Gasteiger partial charge in [0.15, 0.2) is 0 Å². The summed E-state index contributed by atoms with van der Waals surface area (Å²) in [4.78, 5) is 12.4. The summed E-state index contributed by atoms with van der Waals surface area (Å²) in [5.74, 6) is 0.403. The van der Waals surface area contributed by atoms with Crippen LogP contribution in [-0.4, -0.2) is 13.0 Å². The lowest BCUT2D eigenvalue weighted by Gasteiger charge is -2.17. The quantitative estimate of drug-likeness (QED) is 0.848. The van der Waals surface area contributed by atoms with Gasteiger partial charge in [-0.2, -0.15) is 0 Å². The number of hydrogen-bond donors (Lipinski definition) is 2. The fraction of sp³-hybridized carbons (Fsp3) is 0.235. The van der Waals surface area contributed by atoms with Gasteiger partial charge >= 0.3 is 0 Å². The number of aryl methyl sites for hydroxylation is 1. The van der Waals surface area contributed by atoms with Gasteiger partial charge in [0.1, 0.15) is 5.75 Å². The second-order valence-electron chi connectivity index (χ2n) is 5.00. The van der Waals surface area contributed by atoms with Crippen molar-refractivity contribution in [3.63, 3.8) is 0 Å². The van der Waals surface area contributed by atoms with E-state index in [-0.39, 0.29) is 11.9 Å². The zero-order valence-electron chi connectivity index (χ0n) is 12.5. The normalized spacial score (nSPS) is 11.8. The average molecular weight is 284 g/mol. The lowest BCUT2D eigenvalue weighted by Crippen LogP contribution is -2.27. The van der Waals surface area contributed by atoms with Gasteiger partial charge in [0.25, 0.3) is 5.91 Å². The van der Waals surface area contributed by atoms with Gasteiger partial charge in [0, 0.05) is 5.69 Å². The van der Waals surface area contributed by atoms with E-state index in [4.69, 9.17) is 10.5 Å². The number of ether oxygens (including phenoxy) is 1. The molecule has 0 saturated heterocycles. The van der Waals surface area contributed by atoms with E-state index in [1.807, 2.05) is 38.1 Å². The van der Waals surface area contributed by atoms with E-state index < -0.39 is 0 Å². The summed E-state index contributed by atoms with van der Waals surface area (Å²) in [6.07, 6.45) is 0. The maximum absolute atomic E-state index is 12.4. The summed E-state index contributed by atoms with van der Waals surface area (Å²) in [6, 6.07) is 12.9. The van der Waals surface area contributed by atoms with Crippen molar-refractivity contribution in [3.05, 3.63) is 59.2 Å². The molecule has 110 valence electrons. The van der Waals surface area contributed by atoms with Crippen LogP contribution in [0.15, 0.2) is 42.5 Å². The Hall–Kier alpha value is -2.49. The Balaban J connectivity index is 2.20. The van der Waals surface area contributed by atoms with E-state index in [0.717, 1.165) is 11.1 Å². The van der Waals surface area contributed by atoms with E-state index in [2.05, 4.69) is 5.32 Å². The lowest BCUT2D eigenvalue weighted by molar-refractivity contribution is 0.0940. The van der Waals surface area contributed by atoms with Gasteiger partial charge in [-0.3, -0.25) is 4.79 Å². The predicted octanol–water partition coefficient (Wildman–Crippen LogP) is 3.08. The number of rotatable bonds is 4. The molecule has 4 heteroatoms. The van der Waals surface area contributed by atoms with Crippen LogP contribution in [0.3, 0.4) is 0 Å². The van der Waals surface area contributed by atoms with Crippen molar-refractivity contribution >= 4 is 11.6 Å². The number of carbonyl (C=O) groups excluding carboxylic acids is 1. The molecule has 0 bridgehead atoms. The number of benzene rings is 2. The van der Waals surface area contributed by atoms with E-state index >= 15 is 0 Å². The molecule has 0 heterocycles. The Labute approximate surface area is 124 Å². The highest BCUT2D eigenvalue weighted by atomic mass is 16.5. The molecule has 0 aliphatic carbocycles. The first kappa shape index (κ1) is 14.9. The van der Waals surface area contributed by atoms with E-state index in [9.17, 15) is 4.79 Å². The summed E-state index contributed by atoms with van der Waals surface area (Å²) < 4.78 is 5.13. The largest absolute Gasteiger partial charge is 0.497 e. The molecule has 0 aromatic heterocycles. The smallest absolute Gasteiger partial charge is 0.253 e. The summed E-state index contributed by atoms with van der Waals surface area (Å²) in [5.41, 5.74) is 8.97. The topological polar surface area (TPSA) is 64.3 Å². The molecule has 0 radical (unpaired) electrons. The highest BCUT2D eigenvalue weighted by Gasteiger charge is 2.15. The number of amides is 1. The van der Waals surface area contributed by atoms with Crippen LogP contribution >= 0.6 is 0 Å². The van der Waals surface area contributed by atoms with Crippen LogP contribution in [0.2, 0.25) is 0 Å². The number of nitrogen functional groups attached to an aromatic ring is 1. The van der Waals surface area contributed by atoms with Crippen molar-refractivity contribution < 1.29 is 9.53 Å². The molecule has 21 heavy (non-hydrogen) atoms. The fourth-order valence-corrected chi connectivity index (χ4v) is 2.28. The molecule has 1 amide bonds. The minimum absolute atomic E-state index is 0.0932. The molecule has 2 aromatic carbocycles. The molecule has 2 rings (SSSR count). The van der Waals surface area contributed by atoms with Gasteiger partial charge in [0.05, 0.1) is 18.7 Å². The minimum Gasteiger partial charge on any atom is -0.497 e. The average Bonchev–Trinajstić information content (AvgIpc) is 2.48. The summed E-state index contributed by atoms with van der Waals surface area (Å²) >= 11 is 0. The lowest BCUT2D eigenvalue weighted by atomic mass is 10.0. The SMILES string of the molecule is COc1ccc(N)c(C(=O)NC(C)c2ccccc2C)c1. The third-order valence-corrected chi connectivity index (χ3v) is 3.51. The number of anilines is 1. The van der Waals surface area contributed by atoms with Gasteiger partial charge in [-0.05, 0) is 43.2 Å². The van der Waals surface area contributed by atoms with Crippen molar-refractivity contribution in [2.45, 2.75) is 19.9 Å². The molecule has 1 atom stereocenters. The molecule has 4 nitrogen and oxygen atoms in total. The monoisotopic (exact) mass is 284 g/mol. The molecule has 3 N–H and O–H groups in total. The molecule has 0 aliphatic heterocycles. The van der Waals surface area contributed by atoms with Gasteiger partial charge in [-0.25, -0.2) is 0 Å². The first-order chi connectivity index (χ1) is 10.0. The number of nitrogens with two attached hydrogens (primary N) is 1. The van der Waals surface area contributed by atoms with Crippen LogP contribution in [0.5, 0.6) is 5.75 Å². The molecule has 0 aliphatic rings. The number of nitrogens with one attached hydrogen (secondary N) is 1. The van der Waals surface area contributed by atoms with Crippen molar-refractivity contribution in [2.75, 3.05) is 12.8 Å². The maximum atomic E-state index is 12.4. The number of carbonyl (C=O) groups is 1. The highest BCUT2D eigenvalue weighted by molar-refractivity contribution is 5.99. The van der Waals surface area contributed by atoms with E-state index in [1.165, 1.54) is 0 Å². The maximum Gasteiger partial charge on any atom is 0.253 e. The molecule has 0 spiro atoms. The van der Waals surface area contributed by atoms with Crippen molar-refractivity contribution in [3.8, 4) is 5.75 Å². The molecular weight excluding hydrogens is 264 g/mol. The molecule has 0 saturated carbocycles. The van der Waals surface area contributed by atoms with Crippen LogP contribution in [-0.2, 0) is 0 Å². The standard InChI is InChI=1S/C17H20N2O2/c1-11-6-4-5-7-14(11)12(2)19-17(20)15-10-13(21-3)8-9-16(15)18/h4-10,12H,18H2,1-3H3,(H,19,20). The van der Waals surface area contributed by atoms with Crippen molar-refractivity contribution in [1.82, 2.24) is 5.32 Å². The van der Waals surface area contributed by atoms with Crippen LogP contribution in [0.1, 0.15) is 34.5 Å². The van der Waals surface area contributed by atoms with Crippen LogP contribution in [0, 0.1) is 6.92 Å². The highest BCUT2D eigenvalue weighted by Crippen LogP contribution is 2.22. The van der Waals surface area contributed by atoms with Crippen LogP contribution < -0.4 is 15.8 Å². The Morgan fingerprint density at radius 1 is 1.24 bits per heavy atom. The summed E-state index contributed by atoms with van der Waals surface area (Å²) in [5, 5.41) is 2.97. The first-order valence-corrected chi connectivity index (χ1v) is 6.83. The third kappa shape index (κ3) is 3.34. The zero-order chi connectivity index (χ0) is 15.4. The third-order valence-electron chi connectivity index (χ3n) is 3.51. The second-order valence-corrected chi connectivity index (χ2v) is 5.00. The molecule has 1 unspecified atom stereocenters. The van der Waals surface area contributed by atoms with E-state index in [1.54, 1.807) is 25.3 Å². The number of methoxy groups -OCH3 is 1. The van der Waals surface area contributed by atoms with Gasteiger partial charge in [0.2, 0.25) is 0 Å². The second kappa shape index (κ2) is 6.31. The van der Waals surface area contributed by atoms with Crippen molar-refractivity contribution in [1.29, 1.82) is 0 Å². The Kier molecular flexibility index (Phi) is 4.48. The van der Waals surface area contributed by atoms with Gasteiger partial charge in [-0.15, -0.1) is 0 Å². The van der Waals surface area contributed by atoms with Crippen molar-refractivity contribution in [2.24, 2.45) is 0 Å². The fourth-order valence-electron chi connectivity index (χ4n) is 2.28. The Bertz CT molecular complexity index is 653. The minimum atomic E-state index is -0.206. The van der Waals surface area contributed by atoms with Crippen LogP contribution in [0.4, 0.5) is 5.69 Å². The zero-order valence-corrected chi connectivity index (χ0v) is 12.5. The molecule has 2 aromatic rings.